The molecule has 0 aromatic carbocycles. The number of hydrogen-bond donors (Lipinski definition) is 1. The summed E-state index contributed by atoms with van der Waals surface area (Å²) in [6.45, 7) is 4.95. The van der Waals surface area contributed by atoms with Gasteiger partial charge in [-0.2, -0.15) is 0 Å². The Morgan fingerprint density at radius 2 is 1.87 bits per heavy atom. The molecule has 0 aromatic heterocycles. The molecule has 4 aliphatic rings. The molecule has 1 N–H and O–H groups in total. The number of ether oxygens (including phenoxy) is 1. The molecular weight excluding hydrogens is 378 g/mol. The first-order chi connectivity index (χ1) is 14.3. The molecule has 30 heavy (non-hydrogen) atoms. The van der Waals surface area contributed by atoms with Crippen LogP contribution < -0.4 is 0 Å². The second-order valence-electron chi connectivity index (χ2n) is 11.2. The van der Waals surface area contributed by atoms with Gasteiger partial charge in [-0.15, -0.1) is 0 Å². The van der Waals surface area contributed by atoms with Crippen LogP contribution in [0, 0.1) is 40.4 Å². The summed E-state index contributed by atoms with van der Waals surface area (Å²) in [5, 5.41) is 15.4. The first-order valence-corrected chi connectivity index (χ1v) is 12.1. The van der Waals surface area contributed by atoms with Crippen LogP contribution in [0.3, 0.4) is 0 Å². The summed E-state index contributed by atoms with van der Waals surface area (Å²) in [4.78, 5) is 14.6. The Morgan fingerprint density at radius 1 is 1.13 bits per heavy atom. The maximum absolute atomic E-state index is 11.5. The second-order valence-corrected chi connectivity index (χ2v) is 11.2. The number of carbonyl (C=O) groups excluding carboxylic acids is 1. The average Bonchev–Trinajstić information content (AvgIpc) is 3.05. The number of fused-ring (bicyclic) bond motifs is 5. The lowest BCUT2D eigenvalue weighted by atomic mass is 9.44. The van der Waals surface area contributed by atoms with Gasteiger partial charge in [0.2, 0.25) is 0 Å². The monoisotopic (exact) mass is 417 g/mol. The Labute approximate surface area is 180 Å². The summed E-state index contributed by atoms with van der Waals surface area (Å²) >= 11 is 0. The number of hydrogen-bond acceptors (Lipinski definition) is 4. The number of rotatable bonds is 5. The molecule has 4 unspecified atom stereocenters. The third-order valence-corrected chi connectivity index (χ3v) is 10.2. The minimum Gasteiger partial charge on any atom is -0.469 e. The fraction of sp³-hybridized carbons (Fsp3) is 0.958. The van der Waals surface area contributed by atoms with Gasteiger partial charge in [-0.3, -0.25) is 4.79 Å². The Balaban J connectivity index is 1.49. The van der Waals surface area contributed by atoms with E-state index in [9.17, 15) is 9.90 Å². The van der Waals surface area contributed by atoms with Gasteiger partial charge in [0.05, 0.1) is 13.2 Å². The van der Waals surface area contributed by atoms with E-state index in [4.69, 9.17) is 10.3 Å². The van der Waals surface area contributed by atoms with Crippen LogP contribution in [0.2, 0.25) is 0 Å². The molecule has 0 aromatic rings. The predicted molar refractivity (Wildman–Crippen MR) is 115 cm³/mol. The molecule has 6 heteroatoms. The normalized spacial score (nSPS) is 47.4. The maximum Gasteiger partial charge on any atom is 0.305 e. The quantitative estimate of drug-likeness (QED) is 0.271. The van der Waals surface area contributed by atoms with Crippen LogP contribution in [-0.4, -0.2) is 30.3 Å². The van der Waals surface area contributed by atoms with Gasteiger partial charge in [0.1, 0.15) is 0 Å². The van der Waals surface area contributed by atoms with Gasteiger partial charge < -0.3 is 9.84 Å². The van der Waals surface area contributed by atoms with E-state index >= 15 is 0 Å². The van der Waals surface area contributed by atoms with E-state index in [0.717, 1.165) is 38.5 Å². The van der Waals surface area contributed by atoms with Crippen molar-refractivity contribution < 1.29 is 14.6 Å². The molecule has 4 rings (SSSR count). The van der Waals surface area contributed by atoms with E-state index in [0.29, 0.717) is 41.4 Å². The Hall–Kier alpha value is -1.26. The van der Waals surface area contributed by atoms with Gasteiger partial charge in [0.25, 0.3) is 0 Å². The molecule has 6 nitrogen and oxygen atoms in total. The first-order valence-electron chi connectivity index (χ1n) is 12.1. The molecule has 0 bridgehead atoms. The van der Waals surface area contributed by atoms with Crippen molar-refractivity contribution in [1.29, 1.82) is 0 Å². The van der Waals surface area contributed by atoms with Crippen LogP contribution in [0.25, 0.3) is 10.4 Å². The van der Waals surface area contributed by atoms with Crippen LogP contribution in [0.4, 0.5) is 0 Å². The zero-order chi connectivity index (χ0) is 21.5. The lowest BCUT2D eigenvalue weighted by molar-refractivity contribution is -0.164. The zero-order valence-electron chi connectivity index (χ0n) is 18.9. The van der Waals surface area contributed by atoms with Crippen LogP contribution in [-0.2, 0) is 9.53 Å². The van der Waals surface area contributed by atoms with Crippen LogP contribution in [0.15, 0.2) is 5.11 Å². The minimum absolute atomic E-state index is 0.101. The largest absolute Gasteiger partial charge is 0.469 e. The van der Waals surface area contributed by atoms with Crippen molar-refractivity contribution in [3.05, 3.63) is 10.4 Å². The number of carbonyl (C=O) groups is 1. The second kappa shape index (κ2) is 8.35. The SMILES string of the molecule is COC(=O)CCC[C@H]1CC[C@@H]2C3C(O)CC4C[C@@H](N=[N+]=[N-])CCC4(C)[C@@H]3CC[C@]12C. The maximum atomic E-state index is 11.5. The lowest BCUT2D eigenvalue weighted by Gasteiger charge is -2.62. The third-order valence-electron chi connectivity index (χ3n) is 10.2. The Kier molecular flexibility index (Phi) is 6.11. The number of nitrogens with zero attached hydrogens (tertiary/aromatic N) is 3. The molecule has 4 aliphatic carbocycles. The summed E-state index contributed by atoms with van der Waals surface area (Å²) in [5.74, 6) is 2.63. The molecule has 0 heterocycles. The summed E-state index contributed by atoms with van der Waals surface area (Å²) in [6.07, 6.45) is 11.2. The molecule has 0 radical (unpaired) electrons. The number of aliphatic hydroxyl groups excluding tert-OH is 1. The summed E-state index contributed by atoms with van der Waals surface area (Å²) in [7, 11) is 1.47. The van der Waals surface area contributed by atoms with Crippen molar-refractivity contribution in [2.75, 3.05) is 7.11 Å². The van der Waals surface area contributed by atoms with Crippen molar-refractivity contribution in [1.82, 2.24) is 0 Å². The molecule has 0 amide bonds. The highest BCUT2D eigenvalue weighted by Gasteiger charge is 2.62. The first kappa shape index (κ1) is 22.0. The predicted octanol–water partition coefficient (Wildman–Crippen LogP) is 5.64. The molecule has 0 saturated heterocycles. The third kappa shape index (κ3) is 3.54. The number of methoxy groups -OCH3 is 1. The highest BCUT2D eigenvalue weighted by molar-refractivity contribution is 5.68. The molecule has 4 fully saturated rings. The van der Waals surface area contributed by atoms with E-state index in [-0.39, 0.29) is 23.5 Å². The highest BCUT2D eigenvalue weighted by atomic mass is 16.5. The molecular formula is C24H39N3O3. The number of azide groups is 1. The minimum atomic E-state index is -0.226. The summed E-state index contributed by atoms with van der Waals surface area (Å²) in [6, 6.07) is 0.108. The van der Waals surface area contributed by atoms with Gasteiger partial charge in [-0.05, 0) is 110 Å². The van der Waals surface area contributed by atoms with Gasteiger partial charge in [0.15, 0.2) is 0 Å². The van der Waals surface area contributed by atoms with Crippen LogP contribution in [0.1, 0.15) is 84.5 Å². The van der Waals surface area contributed by atoms with Crippen LogP contribution >= 0.6 is 0 Å². The van der Waals surface area contributed by atoms with Crippen LogP contribution in [0.5, 0.6) is 0 Å². The van der Waals surface area contributed by atoms with Gasteiger partial charge in [-0.1, -0.05) is 19.0 Å². The fourth-order valence-electron chi connectivity index (χ4n) is 8.56. The smallest absolute Gasteiger partial charge is 0.305 e. The van der Waals surface area contributed by atoms with E-state index in [2.05, 4.69) is 23.9 Å². The zero-order valence-corrected chi connectivity index (χ0v) is 18.9. The topological polar surface area (TPSA) is 95.3 Å². The van der Waals surface area contributed by atoms with Crippen molar-refractivity contribution >= 4 is 5.97 Å². The summed E-state index contributed by atoms with van der Waals surface area (Å²) in [5.41, 5.74) is 9.43. The van der Waals surface area contributed by atoms with Crippen molar-refractivity contribution in [2.45, 2.75) is 96.6 Å². The van der Waals surface area contributed by atoms with Gasteiger partial charge >= 0.3 is 5.97 Å². The molecule has 0 spiro atoms. The average molecular weight is 418 g/mol. The molecule has 0 aliphatic heterocycles. The van der Waals surface area contributed by atoms with Gasteiger partial charge in [-0.25, -0.2) is 0 Å². The standard InChI is InChI=1S/C24H39N3O3/c1-23-12-10-19-22(18(23)8-7-15(23)5-4-6-21(29)30-3)20(28)14-16-13-17(26-27-25)9-11-24(16,19)2/h15-20,22,28H,4-14H2,1-3H3/t15-,16?,17-,18+,19+,20?,22?,23+,24?/m0/s1. The van der Waals surface area contributed by atoms with E-state index in [1.54, 1.807) is 0 Å². The van der Waals surface area contributed by atoms with Crippen molar-refractivity contribution in [3.63, 3.8) is 0 Å². The lowest BCUT2D eigenvalue weighted by Crippen LogP contribution is -2.58. The van der Waals surface area contributed by atoms with Crippen molar-refractivity contribution in [2.24, 2.45) is 45.5 Å². The van der Waals surface area contributed by atoms with E-state index in [1.807, 2.05) is 0 Å². The Bertz CT molecular complexity index is 708. The Morgan fingerprint density at radius 3 is 2.60 bits per heavy atom. The van der Waals surface area contributed by atoms with E-state index < -0.39 is 0 Å². The molecule has 4 saturated carbocycles. The number of esters is 1. The molecule has 9 atom stereocenters. The van der Waals surface area contributed by atoms with Gasteiger partial charge in [0, 0.05) is 17.4 Å². The number of aliphatic hydroxyl groups is 1. The molecule has 168 valence electrons. The van der Waals surface area contributed by atoms with E-state index in [1.165, 1.54) is 32.8 Å². The fourth-order valence-corrected chi connectivity index (χ4v) is 8.56. The highest BCUT2D eigenvalue weighted by Crippen LogP contribution is 2.68. The summed E-state index contributed by atoms with van der Waals surface area (Å²) < 4.78 is 4.82. The van der Waals surface area contributed by atoms with Crippen molar-refractivity contribution in [3.8, 4) is 0 Å².